The van der Waals surface area contributed by atoms with Crippen molar-refractivity contribution >= 4 is 17.1 Å². The summed E-state index contributed by atoms with van der Waals surface area (Å²) in [5.74, 6) is -1.16. The lowest BCUT2D eigenvalue weighted by molar-refractivity contribution is 0.607. The zero-order chi connectivity index (χ0) is 18.9. The smallest absolute Gasteiger partial charge is 0.146 e. The summed E-state index contributed by atoms with van der Waals surface area (Å²) in [6, 6.07) is 6.31. The van der Waals surface area contributed by atoms with Gasteiger partial charge in [-0.2, -0.15) is 0 Å². The average Bonchev–Trinajstić information content (AvgIpc) is 3.34. The van der Waals surface area contributed by atoms with E-state index in [2.05, 4.69) is 21.4 Å². The minimum atomic E-state index is -0.624. The fourth-order valence-corrected chi connectivity index (χ4v) is 3.97. The molecule has 0 bridgehead atoms. The highest BCUT2D eigenvalue weighted by Gasteiger charge is 2.38. The molecule has 0 atom stereocenters. The van der Waals surface area contributed by atoms with Crippen molar-refractivity contribution in [3.05, 3.63) is 60.1 Å². The summed E-state index contributed by atoms with van der Waals surface area (Å²) in [5, 5.41) is 0. The number of aromatic nitrogens is 2. The van der Waals surface area contributed by atoms with Crippen molar-refractivity contribution in [1.82, 2.24) is 9.97 Å². The lowest BCUT2D eigenvalue weighted by Gasteiger charge is -2.34. The van der Waals surface area contributed by atoms with Crippen molar-refractivity contribution in [3.63, 3.8) is 0 Å². The highest BCUT2D eigenvalue weighted by molar-refractivity contribution is 5.99. The van der Waals surface area contributed by atoms with Gasteiger partial charge in [0.05, 0.1) is 34.8 Å². The van der Waals surface area contributed by atoms with E-state index in [9.17, 15) is 8.78 Å². The van der Waals surface area contributed by atoms with E-state index in [-0.39, 0.29) is 11.3 Å². The van der Waals surface area contributed by atoms with E-state index in [4.69, 9.17) is 5.73 Å². The number of aromatic amines is 1. The molecule has 0 radical (unpaired) electrons. The second-order valence-corrected chi connectivity index (χ2v) is 7.16. The van der Waals surface area contributed by atoms with Crippen molar-refractivity contribution in [2.75, 3.05) is 10.6 Å². The standard InChI is InChI=1S/C21H18F2N4/c1-10-13(15-7-17(23)18(24)8-16(15)22)5-6-14-20-19(25-9-26-20)11(2)27(21(10)14)12-3-4-12/h5-9,12H,2-4,24H2,1H3,(H,25,26). The molecule has 0 unspecified atom stereocenters. The van der Waals surface area contributed by atoms with Crippen LogP contribution in [0.25, 0.3) is 28.1 Å². The van der Waals surface area contributed by atoms with Crippen LogP contribution in [0.4, 0.5) is 20.2 Å². The third kappa shape index (κ3) is 2.22. The number of imidazole rings is 1. The predicted octanol–water partition coefficient (Wildman–Crippen LogP) is 4.87. The highest BCUT2D eigenvalue weighted by atomic mass is 19.1. The second kappa shape index (κ2) is 5.42. The molecule has 0 saturated heterocycles. The minimum absolute atomic E-state index is 0.194. The van der Waals surface area contributed by atoms with Gasteiger partial charge in [0.25, 0.3) is 0 Å². The Morgan fingerprint density at radius 3 is 2.63 bits per heavy atom. The topological polar surface area (TPSA) is 57.9 Å². The van der Waals surface area contributed by atoms with E-state index in [1.807, 2.05) is 19.1 Å². The first kappa shape index (κ1) is 16.1. The quantitative estimate of drug-likeness (QED) is 0.638. The van der Waals surface area contributed by atoms with Gasteiger partial charge in [-0.15, -0.1) is 0 Å². The normalized spacial score (nSPS) is 15.7. The summed E-state index contributed by atoms with van der Waals surface area (Å²) in [7, 11) is 0. The Bertz CT molecular complexity index is 1110. The number of nitrogens with two attached hydrogens (primary N) is 1. The van der Waals surface area contributed by atoms with E-state index in [1.54, 1.807) is 6.33 Å². The Hall–Kier alpha value is -3.15. The number of benzene rings is 2. The van der Waals surface area contributed by atoms with Crippen LogP contribution < -0.4 is 10.6 Å². The van der Waals surface area contributed by atoms with E-state index in [0.29, 0.717) is 11.6 Å². The molecule has 136 valence electrons. The molecule has 6 heteroatoms. The van der Waals surface area contributed by atoms with Crippen LogP contribution in [0.15, 0.2) is 37.2 Å². The molecule has 27 heavy (non-hydrogen) atoms. The van der Waals surface area contributed by atoms with Crippen molar-refractivity contribution < 1.29 is 8.78 Å². The van der Waals surface area contributed by atoms with E-state index >= 15 is 0 Å². The Morgan fingerprint density at radius 1 is 1.15 bits per heavy atom. The second-order valence-electron chi connectivity index (χ2n) is 7.16. The molecule has 0 spiro atoms. The number of hydrogen-bond donors (Lipinski definition) is 2. The molecule has 5 rings (SSSR count). The molecule has 2 heterocycles. The molecule has 0 amide bonds. The van der Waals surface area contributed by atoms with Crippen LogP contribution in [0.3, 0.4) is 0 Å². The number of nitrogens with zero attached hydrogens (tertiary/aromatic N) is 2. The first-order chi connectivity index (χ1) is 13.0. The molecule has 2 aliphatic rings. The number of rotatable bonds is 2. The number of fused-ring (bicyclic) bond motifs is 3. The molecule has 1 fully saturated rings. The fourth-order valence-electron chi connectivity index (χ4n) is 3.97. The Balaban J connectivity index is 1.78. The number of halogens is 2. The van der Waals surface area contributed by atoms with Crippen LogP contribution in [0, 0.1) is 18.6 Å². The molecule has 1 aliphatic heterocycles. The fraction of sp³-hybridized carbons (Fsp3) is 0.190. The first-order valence-electron chi connectivity index (χ1n) is 8.88. The zero-order valence-corrected chi connectivity index (χ0v) is 14.8. The third-order valence-electron chi connectivity index (χ3n) is 5.43. The predicted molar refractivity (Wildman–Crippen MR) is 103 cm³/mol. The van der Waals surface area contributed by atoms with E-state index in [0.717, 1.165) is 52.8 Å². The number of nitrogen functional groups attached to an aromatic ring is 1. The van der Waals surface area contributed by atoms with Gasteiger partial charge < -0.3 is 15.6 Å². The number of H-pyrrole nitrogens is 1. The summed E-state index contributed by atoms with van der Waals surface area (Å²) in [6.07, 6.45) is 3.82. The van der Waals surface area contributed by atoms with Gasteiger partial charge in [-0.1, -0.05) is 12.6 Å². The maximum atomic E-state index is 14.6. The molecule has 1 aliphatic carbocycles. The number of anilines is 2. The van der Waals surface area contributed by atoms with Crippen LogP contribution in [0.2, 0.25) is 0 Å². The summed E-state index contributed by atoms with van der Waals surface area (Å²) in [6.45, 7) is 6.19. The molecule has 2 aromatic carbocycles. The van der Waals surface area contributed by atoms with Crippen LogP contribution in [-0.2, 0) is 0 Å². The lowest BCUT2D eigenvalue weighted by Crippen LogP contribution is -2.28. The molecule has 4 nitrogen and oxygen atoms in total. The monoisotopic (exact) mass is 364 g/mol. The lowest BCUT2D eigenvalue weighted by atomic mass is 9.90. The molecule has 1 aromatic heterocycles. The molecule has 3 aromatic rings. The van der Waals surface area contributed by atoms with Gasteiger partial charge >= 0.3 is 0 Å². The van der Waals surface area contributed by atoms with Gasteiger partial charge in [0.1, 0.15) is 11.6 Å². The molecular weight excluding hydrogens is 346 g/mol. The minimum Gasteiger partial charge on any atom is -0.396 e. The summed E-state index contributed by atoms with van der Waals surface area (Å²) in [5.41, 5.74) is 11.6. The molecule has 1 saturated carbocycles. The average molecular weight is 364 g/mol. The van der Waals surface area contributed by atoms with Crippen LogP contribution in [0.1, 0.15) is 24.1 Å². The van der Waals surface area contributed by atoms with Crippen molar-refractivity contribution in [2.45, 2.75) is 25.8 Å². The summed E-state index contributed by atoms with van der Waals surface area (Å²) >= 11 is 0. The summed E-state index contributed by atoms with van der Waals surface area (Å²) in [4.78, 5) is 9.84. The maximum Gasteiger partial charge on any atom is 0.146 e. The first-order valence-corrected chi connectivity index (χ1v) is 8.88. The Labute approximate surface area is 155 Å². The number of hydrogen-bond acceptors (Lipinski definition) is 3. The van der Waals surface area contributed by atoms with E-state index in [1.165, 1.54) is 6.07 Å². The van der Waals surface area contributed by atoms with E-state index < -0.39 is 11.6 Å². The van der Waals surface area contributed by atoms with Gasteiger partial charge in [0, 0.05) is 23.2 Å². The van der Waals surface area contributed by atoms with Crippen LogP contribution in [0.5, 0.6) is 0 Å². The maximum absolute atomic E-state index is 14.6. The Morgan fingerprint density at radius 2 is 1.89 bits per heavy atom. The van der Waals surface area contributed by atoms with Gasteiger partial charge in [0.15, 0.2) is 0 Å². The van der Waals surface area contributed by atoms with Crippen molar-refractivity contribution in [2.24, 2.45) is 0 Å². The molecular formula is C21H18F2N4. The third-order valence-corrected chi connectivity index (χ3v) is 5.43. The van der Waals surface area contributed by atoms with Crippen molar-refractivity contribution in [1.29, 1.82) is 0 Å². The highest BCUT2D eigenvalue weighted by Crippen LogP contribution is 2.50. The number of nitrogens with one attached hydrogen (secondary N) is 1. The van der Waals surface area contributed by atoms with Gasteiger partial charge in [0.2, 0.25) is 0 Å². The van der Waals surface area contributed by atoms with Gasteiger partial charge in [-0.25, -0.2) is 13.8 Å². The van der Waals surface area contributed by atoms with Gasteiger partial charge in [-0.05, 0) is 43.0 Å². The van der Waals surface area contributed by atoms with Crippen molar-refractivity contribution in [3.8, 4) is 22.4 Å². The zero-order valence-electron chi connectivity index (χ0n) is 14.8. The summed E-state index contributed by atoms with van der Waals surface area (Å²) < 4.78 is 28.6. The molecule has 3 N–H and O–H groups in total. The van der Waals surface area contributed by atoms with Gasteiger partial charge in [-0.3, -0.25) is 0 Å². The Kier molecular flexibility index (Phi) is 3.22. The van der Waals surface area contributed by atoms with Crippen LogP contribution >= 0.6 is 0 Å². The SMILES string of the molecule is C=C1c2[nH]cnc2-c2ccc(-c3cc(F)c(N)cc3F)c(C)c2N1C1CC1. The largest absolute Gasteiger partial charge is 0.396 e. The van der Waals surface area contributed by atoms with Crippen LogP contribution in [-0.4, -0.2) is 16.0 Å².